The maximum atomic E-state index is 4.83. The Hall–Kier alpha value is 2.04. The minimum absolute atomic E-state index is 0. The molecule has 0 saturated heterocycles. The fourth-order valence-corrected chi connectivity index (χ4v) is 0. The zero-order chi connectivity index (χ0) is 4.50. The van der Waals surface area contributed by atoms with Crippen molar-refractivity contribution in [2.45, 2.75) is 3.25 Å². The van der Waals surface area contributed by atoms with Gasteiger partial charge in [-0.05, 0) is 0 Å². The molecular formula is CCl4Zr. The number of halogens is 4. The van der Waals surface area contributed by atoms with Crippen molar-refractivity contribution in [1.82, 2.24) is 0 Å². The first-order chi connectivity index (χ1) is 2.00. The van der Waals surface area contributed by atoms with E-state index < -0.39 is 3.25 Å². The van der Waals surface area contributed by atoms with Crippen molar-refractivity contribution in [2.24, 2.45) is 0 Å². The second-order valence-electron chi connectivity index (χ2n) is 0.429. The molecule has 0 aromatic rings. The Morgan fingerprint density at radius 3 is 0.833 bits per heavy atom. The Morgan fingerprint density at radius 1 is 0.833 bits per heavy atom. The third kappa shape index (κ3) is 36.8. The molecule has 0 saturated carbocycles. The van der Waals surface area contributed by atoms with E-state index in [2.05, 4.69) is 0 Å². The van der Waals surface area contributed by atoms with Gasteiger partial charge in [0.25, 0.3) is 3.25 Å². The quantitative estimate of drug-likeness (QED) is 0.575. The average Bonchev–Trinajstić information content (AvgIpc) is 0.722. The molecule has 0 radical (unpaired) electrons. The molecular weight excluding hydrogens is 245 g/mol. The van der Waals surface area contributed by atoms with Gasteiger partial charge < -0.3 is 0 Å². The van der Waals surface area contributed by atoms with Crippen molar-refractivity contribution >= 4 is 46.4 Å². The van der Waals surface area contributed by atoms with E-state index in [-0.39, 0.29) is 26.2 Å². The van der Waals surface area contributed by atoms with Crippen molar-refractivity contribution in [3.63, 3.8) is 0 Å². The predicted molar refractivity (Wildman–Crippen MR) is 26.1 cm³/mol. The number of rotatable bonds is 0. The van der Waals surface area contributed by atoms with Gasteiger partial charge in [0.15, 0.2) is 0 Å². The summed E-state index contributed by atoms with van der Waals surface area (Å²) in [7, 11) is 0. The van der Waals surface area contributed by atoms with Gasteiger partial charge in [-0.2, -0.15) is 0 Å². The molecule has 0 aromatic carbocycles. The van der Waals surface area contributed by atoms with Crippen LogP contribution in [0, 0.1) is 0 Å². The molecule has 0 aliphatic carbocycles. The maximum Gasteiger partial charge on any atom is 0.266 e. The average molecular weight is 245 g/mol. The van der Waals surface area contributed by atoms with Crippen molar-refractivity contribution in [2.75, 3.05) is 0 Å². The van der Waals surface area contributed by atoms with Crippen LogP contribution in [0.4, 0.5) is 0 Å². The summed E-state index contributed by atoms with van der Waals surface area (Å²) in [6.45, 7) is 0. The Bertz CT molecular complexity index is 23.0. The smallest absolute Gasteiger partial charge is 0.0664 e. The summed E-state index contributed by atoms with van der Waals surface area (Å²) in [4.78, 5) is 0. The largest absolute Gasteiger partial charge is 0.266 e. The van der Waals surface area contributed by atoms with Crippen molar-refractivity contribution in [3.05, 3.63) is 0 Å². The summed E-state index contributed by atoms with van der Waals surface area (Å²) in [5.74, 6) is 0. The molecule has 0 unspecified atom stereocenters. The fourth-order valence-electron chi connectivity index (χ4n) is 0. The Morgan fingerprint density at radius 2 is 0.833 bits per heavy atom. The third-order valence-electron chi connectivity index (χ3n) is 0. The molecule has 0 N–H and O–H groups in total. The SMILES string of the molecule is ClC(Cl)(Cl)Cl.[Zr]. The van der Waals surface area contributed by atoms with Gasteiger partial charge in [0, 0.05) is 26.2 Å². The third-order valence-corrected chi connectivity index (χ3v) is 0. The van der Waals surface area contributed by atoms with Crippen LogP contribution < -0.4 is 0 Å². The van der Waals surface area contributed by atoms with Crippen molar-refractivity contribution in [1.29, 1.82) is 0 Å². The van der Waals surface area contributed by atoms with E-state index in [0.29, 0.717) is 0 Å². The molecule has 0 bridgehead atoms. The minimum Gasteiger partial charge on any atom is -0.0664 e. The maximum absolute atomic E-state index is 4.83. The second-order valence-corrected chi connectivity index (χ2v) is 3.86. The summed E-state index contributed by atoms with van der Waals surface area (Å²) in [5.41, 5.74) is 0. The van der Waals surface area contributed by atoms with Crippen LogP contribution in [0.5, 0.6) is 0 Å². The molecule has 0 amide bonds. The van der Waals surface area contributed by atoms with Crippen LogP contribution in [0.2, 0.25) is 0 Å². The standard InChI is InChI=1S/CCl4.Zr/c2-1(3,4)5;. The van der Waals surface area contributed by atoms with E-state index in [1.807, 2.05) is 0 Å². The topological polar surface area (TPSA) is 0 Å². The van der Waals surface area contributed by atoms with Crippen LogP contribution in [-0.4, -0.2) is 3.25 Å². The van der Waals surface area contributed by atoms with E-state index in [0.717, 1.165) is 0 Å². The summed E-state index contributed by atoms with van der Waals surface area (Å²) in [5, 5.41) is 0. The monoisotopic (exact) mass is 242 g/mol. The zero-order valence-electron chi connectivity index (χ0n) is 2.51. The van der Waals surface area contributed by atoms with Crippen LogP contribution in [0.3, 0.4) is 0 Å². The molecule has 0 nitrogen and oxygen atoms in total. The molecule has 0 aliphatic rings. The minimum atomic E-state index is -1.61. The van der Waals surface area contributed by atoms with Gasteiger partial charge in [0.05, 0.1) is 0 Å². The summed E-state index contributed by atoms with van der Waals surface area (Å²) < 4.78 is -1.61. The van der Waals surface area contributed by atoms with E-state index >= 15 is 0 Å². The van der Waals surface area contributed by atoms with Crippen molar-refractivity contribution < 1.29 is 26.2 Å². The number of hydrogen-bond acceptors (Lipinski definition) is 0. The van der Waals surface area contributed by atoms with Gasteiger partial charge in [0.1, 0.15) is 0 Å². The Labute approximate surface area is 75.2 Å². The van der Waals surface area contributed by atoms with Crippen LogP contribution in [0.15, 0.2) is 0 Å². The molecule has 36 valence electrons. The first-order valence-corrected chi connectivity index (χ1v) is 2.27. The molecule has 5 heteroatoms. The molecule has 0 aromatic heterocycles. The molecule has 0 rings (SSSR count). The van der Waals surface area contributed by atoms with E-state index in [1.165, 1.54) is 0 Å². The van der Waals surface area contributed by atoms with Gasteiger partial charge in [-0.1, -0.05) is 46.4 Å². The molecule has 0 aliphatic heterocycles. The first kappa shape index (κ1) is 10.9. The molecule has 0 fully saturated rings. The fraction of sp³-hybridized carbons (Fsp3) is 1.00. The van der Waals surface area contributed by atoms with Crippen molar-refractivity contribution in [3.8, 4) is 0 Å². The number of alkyl halides is 4. The second kappa shape index (κ2) is 3.98. The molecule has 0 spiro atoms. The molecule has 0 atom stereocenters. The van der Waals surface area contributed by atoms with Crippen LogP contribution in [0.1, 0.15) is 0 Å². The summed E-state index contributed by atoms with van der Waals surface area (Å²) in [6, 6.07) is 0. The predicted octanol–water partition coefficient (Wildman–Crippen LogP) is 2.55. The molecule has 0 heterocycles. The van der Waals surface area contributed by atoms with Gasteiger partial charge in [0.2, 0.25) is 0 Å². The summed E-state index contributed by atoms with van der Waals surface area (Å²) in [6.07, 6.45) is 0. The van der Waals surface area contributed by atoms with Crippen LogP contribution >= 0.6 is 46.4 Å². The molecule has 6 heavy (non-hydrogen) atoms. The number of hydrogen-bond donors (Lipinski definition) is 0. The first-order valence-electron chi connectivity index (χ1n) is 0.756. The van der Waals surface area contributed by atoms with Crippen LogP contribution in [0.25, 0.3) is 0 Å². The van der Waals surface area contributed by atoms with E-state index in [1.54, 1.807) is 0 Å². The van der Waals surface area contributed by atoms with Gasteiger partial charge >= 0.3 is 0 Å². The van der Waals surface area contributed by atoms with Crippen LogP contribution in [-0.2, 0) is 26.2 Å². The van der Waals surface area contributed by atoms with E-state index in [4.69, 9.17) is 46.4 Å². The van der Waals surface area contributed by atoms with Gasteiger partial charge in [-0.25, -0.2) is 0 Å². The Balaban J connectivity index is 0. The summed E-state index contributed by atoms with van der Waals surface area (Å²) >= 11 is 19.3. The zero-order valence-corrected chi connectivity index (χ0v) is 7.99. The Kier molecular flexibility index (Phi) is 7.24. The van der Waals surface area contributed by atoms with Gasteiger partial charge in [-0.3, -0.25) is 0 Å². The van der Waals surface area contributed by atoms with Gasteiger partial charge in [-0.15, -0.1) is 0 Å². The van der Waals surface area contributed by atoms with E-state index in [9.17, 15) is 0 Å². The normalized spacial score (nSPS) is 10.0.